The number of nitrogens with zero attached hydrogens (tertiary/aromatic N) is 2. The van der Waals surface area contributed by atoms with E-state index in [0.29, 0.717) is 24.5 Å². The summed E-state index contributed by atoms with van der Waals surface area (Å²) in [7, 11) is 0. The number of amides is 1. The number of nitrogens with two attached hydrogens (primary N) is 1. The average Bonchev–Trinajstić information content (AvgIpc) is 3.52. The quantitative estimate of drug-likeness (QED) is 0.877. The number of aromatic nitrogens is 2. The summed E-state index contributed by atoms with van der Waals surface area (Å²) in [6.45, 7) is 2.77. The second kappa shape index (κ2) is 5.17. The molecule has 1 spiro atoms. The molecule has 1 aliphatic heterocycles. The number of hydrogen-bond donors (Lipinski definition) is 2. The van der Waals surface area contributed by atoms with E-state index in [9.17, 15) is 4.79 Å². The van der Waals surface area contributed by atoms with Gasteiger partial charge in [-0.25, -0.2) is 9.97 Å². The molecule has 0 unspecified atom stereocenters. The van der Waals surface area contributed by atoms with Gasteiger partial charge >= 0.3 is 0 Å². The third-order valence-electron chi connectivity index (χ3n) is 5.52. The van der Waals surface area contributed by atoms with Crippen LogP contribution in [0.5, 0.6) is 17.4 Å². The van der Waals surface area contributed by atoms with Gasteiger partial charge in [0.25, 0.3) is 0 Å². The molecule has 2 saturated carbocycles. The predicted molar refractivity (Wildman–Crippen MR) is 94.5 cm³/mol. The highest BCUT2D eigenvalue weighted by molar-refractivity contribution is 5.99. The van der Waals surface area contributed by atoms with E-state index in [2.05, 4.69) is 15.3 Å². The normalized spacial score (nSPS) is 20.2. The van der Waals surface area contributed by atoms with Gasteiger partial charge in [0.2, 0.25) is 11.8 Å². The third kappa shape index (κ3) is 2.42. The van der Waals surface area contributed by atoms with Crippen LogP contribution in [-0.4, -0.2) is 28.0 Å². The van der Waals surface area contributed by atoms with Crippen LogP contribution in [0.25, 0.3) is 0 Å². The lowest BCUT2D eigenvalue weighted by molar-refractivity contribution is -0.118. The summed E-state index contributed by atoms with van der Waals surface area (Å²) in [5.41, 5.74) is 7.51. The minimum atomic E-state index is -0.738. The fourth-order valence-electron chi connectivity index (χ4n) is 3.42. The third-order valence-corrected chi connectivity index (χ3v) is 5.52. The number of anilines is 1. The van der Waals surface area contributed by atoms with Crippen LogP contribution in [0.3, 0.4) is 0 Å². The van der Waals surface area contributed by atoms with E-state index in [1.54, 1.807) is 0 Å². The van der Waals surface area contributed by atoms with Gasteiger partial charge in [0.05, 0.1) is 24.5 Å². The van der Waals surface area contributed by atoms with Gasteiger partial charge < -0.3 is 20.5 Å². The molecular weight excluding hydrogens is 332 g/mol. The van der Waals surface area contributed by atoms with Gasteiger partial charge in [0.1, 0.15) is 11.5 Å². The van der Waals surface area contributed by atoms with Crippen molar-refractivity contribution in [3.8, 4) is 17.4 Å². The molecule has 0 radical (unpaired) electrons. The predicted octanol–water partition coefficient (Wildman–Crippen LogP) is 2.43. The van der Waals surface area contributed by atoms with Crippen molar-refractivity contribution in [1.29, 1.82) is 0 Å². The first-order chi connectivity index (χ1) is 12.5. The fraction of sp³-hybridized carbons (Fsp3) is 0.421. The van der Waals surface area contributed by atoms with Crippen LogP contribution in [0.15, 0.2) is 24.5 Å². The number of hydrogen-bond acceptors (Lipinski definition) is 6. The Morgan fingerprint density at radius 2 is 2.04 bits per heavy atom. The Hall–Kier alpha value is -2.67. The molecule has 0 saturated heterocycles. The van der Waals surface area contributed by atoms with E-state index in [-0.39, 0.29) is 11.3 Å². The summed E-state index contributed by atoms with van der Waals surface area (Å²) in [6.07, 6.45) is 6.64. The van der Waals surface area contributed by atoms with Gasteiger partial charge in [0, 0.05) is 11.0 Å². The van der Waals surface area contributed by atoms with Crippen molar-refractivity contribution in [2.75, 3.05) is 11.9 Å². The molecule has 0 bridgehead atoms. The minimum absolute atomic E-state index is 0.109. The second-order valence-corrected chi connectivity index (χ2v) is 7.61. The number of carbonyl (C=O) groups excluding carboxylic acids is 1. The van der Waals surface area contributed by atoms with Crippen molar-refractivity contribution >= 4 is 11.7 Å². The molecule has 2 aromatic rings. The first kappa shape index (κ1) is 15.6. The summed E-state index contributed by atoms with van der Waals surface area (Å²) < 4.78 is 11.9. The number of benzene rings is 1. The van der Waals surface area contributed by atoms with Crippen molar-refractivity contribution in [3.63, 3.8) is 0 Å². The van der Waals surface area contributed by atoms with Gasteiger partial charge in [-0.05, 0) is 44.2 Å². The largest absolute Gasteiger partial charge is 0.492 e. The summed E-state index contributed by atoms with van der Waals surface area (Å²) in [5, 5.41) is 2.69. The van der Waals surface area contributed by atoms with Crippen LogP contribution >= 0.6 is 0 Å². The average molecular weight is 352 g/mol. The number of aryl methyl sites for hydroxylation is 1. The van der Waals surface area contributed by atoms with Crippen LogP contribution in [-0.2, 0) is 10.2 Å². The highest BCUT2D eigenvalue weighted by atomic mass is 16.5. The summed E-state index contributed by atoms with van der Waals surface area (Å²) >= 11 is 0. The number of ether oxygens (including phenoxy) is 2. The molecule has 3 N–H and O–H groups in total. The maximum atomic E-state index is 12.0. The Labute approximate surface area is 150 Å². The first-order valence-electron chi connectivity index (χ1n) is 8.86. The topological polar surface area (TPSA) is 99.4 Å². The van der Waals surface area contributed by atoms with E-state index in [4.69, 9.17) is 15.2 Å². The Bertz CT molecular complexity index is 902. The molecule has 2 fully saturated rings. The molecule has 1 amide bonds. The highest BCUT2D eigenvalue weighted by Gasteiger charge is 2.53. The molecule has 1 aromatic carbocycles. The zero-order valence-corrected chi connectivity index (χ0v) is 14.5. The molecule has 26 heavy (non-hydrogen) atoms. The van der Waals surface area contributed by atoms with Crippen molar-refractivity contribution in [2.24, 2.45) is 5.73 Å². The number of carbonyl (C=O) groups is 1. The van der Waals surface area contributed by atoms with Gasteiger partial charge in [-0.3, -0.25) is 4.79 Å². The maximum Gasteiger partial charge on any atom is 0.245 e. The molecule has 7 heteroatoms. The number of fused-ring (bicyclic) bond motifs is 2. The summed E-state index contributed by atoms with van der Waals surface area (Å²) in [4.78, 5) is 20.4. The molecule has 0 atom stereocenters. The van der Waals surface area contributed by atoms with E-state index >= 15 is 0 Å². The smallest absolute Gasteiger partial charge is 0.245 e. The Morgan fingerprint density at radius 3 is 2.69 bits per heavy atom. The molecule has 7 nitrogen and oxygen atoms in total. The maximum absolute atomic E-state index is 12.0. The first-order valence-corrected chi connectivity index (χ1v) is 8.86. The van der Waals surface area contributed by atoms with Crippen LogP contribution in [0.1, 0.15) is 36.8 Å². The summed E-state index contributed by atoms with van der Waals surface area (Å²) in [5.74, 6) is 2.24. The van der Waals surface area contributed by atoms with E-state index in [1.165, 1.54) is 12.4 Å². The van der Waals surface area contributed by atoms with E-state index in [1.807, 2.05) is 19.1 Å². The minimum Gasteiger partial charge on any atom is -0.492 e. The lowest BCUT2D eigenvalue weighted by atomic mass is 9.95. The Balaban J connectivity index is 1.36. The van der Waals surface area contributed by atoms with E-state index in [0.717, 1.165) is 42.1 Å². The highest BCUT2D eigenvalue weighted by Crippen LogP contribution is 2.59. The number of rotatable bonds is 4. The van der Waals surface area contributed by atoms with Crippen molar-refractivity contribution in [2.45, 2.75) is 43.6 Å². The van der Waals surface area contributed by atoms with Gasteiger partial charge in [-0.1, -0.05) is 6.07 Å². The molecule has 5 rings (SSSR count). The van der Waals surface area contributed by atoms with Crippen molar-refractivity contribution in [3.05, 3.63) is 35.7 Å². The Morgan fingerprint density at radius 1 is 1.23 bits per heavy atom. The molecule has 2 aliphatic carbocycles. The van der Waals surface area contributed by atoms with Crippen LogP contribution in [0, 0.1) is 6.92 Å². The zero-order chi connectivity index (χ0) is 17.9. The van der Waals surface area contributed by atoms with Crippen molar-refractivity contribution in [1.82, 2.24) is 9.97 Å². The van der Waals surface area contributed by atoms with E-state index < -0.39 is 5.54 Å². The lowest BCUT2D eigenvalue weighted by Crippen LogP contribution is -2.38. The molecule has 2 heterocycles. The molecule has 1 aromatic heterocycles. The van der Waals surface area contributed by atoms with Crippen LogP contribution < -0.4 is 20.5 Å². The van der Waals surface area contributed by atoms with Crippen LogP contribution in [0.4, 0.5) is 5.82 Å². The summed E-state index contributed by atoms with van der Waals surface area (Å²) in [6, 6.07) is 3.96. The van der Waals surface area contributed by atoms with Gasteiger partial charge in [-0.2, -0.15) is 0 Å². The second-order valence-electron chi connectivity index (χ2n) is 7.61. The molecule has 3 aliphatic rings. The zero-order valence-electron chi connectivity index (χ0n) is 14.5. The van der Waals surface area contributed by atoms with Gasteiger partial charge in [0.15, 0.2) is 5.82 Å². The SMILES string of the molecule is Cc1ccc(Oc2cnc(NC(=O)C3(N)CC3)cn2)c2c1OCC21CC1. The lowest BCUT2D eigenvalue weighted by Gasteiger charge is -2.14. The van der Waals surface area contributed by atoms with Crippen LogP contribution in [0.2, 0.25) is 0 Å². The molecule has 134 valence electrons. The van der Waals surface area contributed by atoms with Gasteiger partial charge in [-0.15, -0.1) is 0 Å². The molecular formula is C19H20N4O3. The fourth-order valence-corrected chi connectivity index (χ4v) is 3.42. The monoisotopic (exact) mass is 352 g/mol. The number of nitrogens with one attached hydrogen (secondary N) is 1. The Kier molecular flexibility index (Phi) is 3.10. The van der Waals surface area contributed by atoms with Crippen molar-refractivity contribution < 1.29 is 14.3 Å². The standard InChI is InChI=1S/C19H20N4O3/c1-11-2-3-12(15-16(11)25-10-18(15)4-5-18)26-14-9-21-13(8-22-14)23-17(24)19(20)6-7-19/h2-3,8-9H,4-7,10,20H2,1H3,(H,21,23,24).